The fourth-order valence-electron chi connectivity index (χ4n) is 7.27. The molecule has 0 radical (unpaired) electrons. The number of rotatable bonds is 33. The van der Waals surface area contributed by atoms with E-state index in [1.807, 2.05) is 13.8 Å². The molecule has 0 aliphatic rings. The molecular weight excluding hydrogens is 899 g/mol. The topological polar surface area (TPSA) is 286 Å². The molecule has 0 aromatic rings. The molecule has 6 N–H and O–H groups in total. The van der Waals surface area contributed by atoms with E-state index in [1.54, 1.807) is 48.5 Å². The summed E-state index contributed by atoms with van der Waals surface area (Å²) < 4.78 is 0. The van der Waals surface area contributed by atoms with Gasteiger partial charge in [-0.15, -0.1) is 0 Å². The Bertz CT molecular complexity index is 1680. The number of carbonyl (C=O) groups excluding carboxylic acids is 9. The quantitative estimate of drug-likeness (QED) is 0.0541. The number of amides is 9. The largest absolute Gasteiger partial charge is 0.392 e. The van der Waals surface area contributed by atoms with Gasteiger partial charge in [-0.2, -0.15) is 0 Å². The summed E-state index contributed by atoms with van der Waals surface area (Å²) in [6.45, 7) is 16.1. The molecule has 8 unspecified atom stereocenters. The smallest absolute Gasteiger partial charge is 0.242 e. The van der Waals surface area contributed by atoms with Gasteiger partial charge in [0.25, 0.3) is 0 Å². The molecule has 0 aromatic heterocycles. The molecular formula is C47H87N9O13. The molecule has 0 aromatic carbocycles. The number of nitrogens with zero attached hydrogens (tertiary/aromatic N) is 8. The van der Waals surface area contributed by atoms with Gasteiger partial charge in [0.15, 0.2) is 0 Å². The summed E-state index contributed by atoms with van der Waals surface area (Å²) >= 11 is 0. The van der Waals surface area contributed by atoms with Crippen molar-refractivity contribution in [2.24, 2.45) is 5.73 Å². The summed E-state index contributed by atoms with van der Waals surface area (Å²) in [5.74, 6) is -5.77. The van der Waals surface area contributed by atoms with Crippen molar-refractivity contribution in [2.45, 2.75) is 171 Å². The van der Waals surface area contributed by atoms with Crippen molar-refractivity contribution in [1.82, 2.24) is 39.2 Å². The van der Waals surface area contributed by atoms with Crippen LogP contribution in [0.25, 0.3) is 0 Å². The van der Waals surface area contributed by atoms with E-state index in [0.29, 0.717) is 25.7 Å². The molecule has 0 saturated heterocycles. The van der Waals surface area contributed by atoms with Gasteiger partial charge < -0.3 is 65.4 Å². The molecule has 69 heavy (non-hydrogen) atoms. The third kappa shape index (κ3) is 23.0. The summed E-state index contributed by atoms with van der Waals surface area (Å²) in [7, 11) is 0. The molecule has 9 amide bonds. The SMILES string of the molecule is CCC(=O)N(CC(=O)N(CC(=O)N(CC(=O)N(CC(=O)N(CC(=O)N(CC(=O)N(CC(=O)N(CC(N)=O)CC(C)O)C(C)CC)CC(C)O)C(C)CC)CC(C)O)C(C)CC)CC(C)O)C(C)CC. The highest BCUT2D eigenvalue weighted by Crippen LogP contribution is 2.14. The van der Waals surface area contributed by atoms with E-state index in [-0.39, 0.29) is 51.1 Å². The summed E-state index contributed by atoms with van der Waals surface area (Å²) in [6.07, 6.45) is -2.40. The van der Waals surface area contributed by atoms with Crippen molar-refractivity contribution in [1.29, 1.82) is 0 Å². The minimum absolute atomic E-state index is 0.159. The normalized spacial score (nSPS) is 14.7. The molecule has 0 aliphatic heterocycles. The van der Waals surface area contributed by atoms with E-state index >= 15 is 0 Å². The Kier molecular flexibility index (Phi) is 29.8. The standard InChI is InChI=1S/C47H87N9O13/c1-14-31(6)53(40(62)18-5)27-42(64)50(20-36(11)58)24-46(68)55(33(8)16-3)29-44(66)52(22-38(13)60)26-47(69)56(34(9)17-4)30-43(65)51(21-37(12)59)25-45(67)54(32(7)15-2)28-41(63)49(19-35(10)57)23-39(48)61/h31-38,57-60H,14-30H2,1-13H3,(H2,48,61). The third-order valence-corrected chi connectivity index (χ3v) is 12.0. The van der Waals surface area contributed by atoms with Crippen LogP contribution in [0.4, 0.5) is 0 Å². The van der Waals surface area contributed by atoms with Crippen molar-refractivity contribution >= 4 is 53.2 Å². The molecule has 22 heteroatoms. The summed E-state index contributed by atoms with van der Waals surface area (Å²) in [6, 6.07) is -1.93. The van der Waals surface area contributed by atoms with Crippen LogP contribution < -0.4 is 5.73 Å². The van der Waals surface area contributed by atoms with Crippen LogP contribution in [0.5, 0.6) is 0 Å². The Morgan fingerprint density at radius 3 is 0.710 bits per heavy atom. The molecule has 0 rings (SSSR count). The first-order chi connectivity index (χ1) is 32.1. The zero-order valence-electron chi connectivity index (χ0n) is 43.8. The second-order valence-corrected chi connectivity index (χ2v) is 18.4. The Hall–Kier alpha value is -4.93. The average Bonchev–Trinajstić information content (AvgIpc) is 3.27. The Labute approximate surface area is 410 Å². The molecule has 0 heterocycles. The molecule has 398 valence electrons. The molecule has 0 saturated carbocycles. The number of primary amides is 1. The van der Waals surface area contributed by atoms with Crippen LogP contribution in [0.2, 0.25) is 0 Å². The highest BCUT2D eigenvalue weighted by molar-refractivity contribution is 5.94. The van der Waals surface area contributed by atoms with Crippen molar-refractivity contribution in [3.05, 3.63) is 0 Å². The molecule has 0 spiro atoms. The van der Waals surface area contributed by atoms with Crippen molar-refractivity contribution in [3.63, 3.8) is 0 Å². The third-order valence-electron chi connectivity index (χ3n) is 12.0. The van der Waals surface area contributed by atoms with Crippen LogP contribution in [0.1, 0.15) is 122 Å². The first-order valence-electron chi connectivity index (χ1n) is 24.4. The fraction of sp³-hybridized carbons (Fsp3) is 0.809. The van der Waals surface area contributed by atoms with Crippen molar-refractivity contribution in [2.75, 3.05) is 78.5 Å². The average molecular weight is 986 g/mol. The number of aliphatic hydroxyl groups excluding tert-OH is 4. The monoisotopic (exact) mass is 986 g/mol. The van der Waals surface area contributed by atoms with Gasteiger partial charge in [-0.1, -0.05) is 34.6 Å². The van der Waals surface area contributed by atoms with Gasteiger partial charge in [0, 0.05) is 56.8 Å². The lowest BCUT2D eigenvalue weighted by molar-refractivity contribution is -0.151. The minimum atomic E-state index is -1.13. The van der Waals surface area contributed by atoms with Gasteiger partial charge in [-0.3, -0.25) is 43.2 Å². The second-order valence-electron chi connectivity index (χ2n) is 18.4. The fourth-order valence-corrected chi connectivity index (χ4v) is 7.27. The summed E-state index contributed by atoms with van der Waals surface area (Å²) in [5.41, 5.74) is 5.33. The van der Waals surface area contributed by atoms with Crippen molar-refractivity contribution < 1.29 is 63.6 Å². The summed E-state index contributed by atoms with van der Waals surface area (Å²) in [4.78, 5) is 132. The van der Waals surface area contributed by atoms with Crippen LogP contribution in [0.3, 0.4) is 0 Å². The zero-order valence-corrected chi connectivity index (χ0v) is 43.8. The maximum atomic E-state index is 14.3. The number of nitrogens with two attached hydrogens (primary N) is 1. The lowest BCUT2D eigenvalue weighted by atomic mass is 10.1. The Balaban J connectivity index is 6.72. The highest BCUT2D eigenvalue weighted by atomic mass is 16.3. The lowest BCUT2D eigenvalue weighted by Gasteiger charge is -2.36. The minimum Gasteiger partial charge on any atom is -0.392 e. The number of aliphatic hydroxyl groups is 4. The maximum absolute atomic E-state index is 14.3. The summed E-state index contributed by atoms with van der Waals surface area (Å²) in [5, 5.41) is 41.2. The second kappa shape index (κ2) is 32.1. The van der Waals surface area contributed by atoms with Gasteiger partial charge in [-0.25, -0.2) is 0 Å². The molecule has 0 aliphatic carbocycles. The lowest BCUT2D eigenvalue weighted by Crippen LogP contribution is -2.56. The van der Waals surface area contributed by atoms with Crippen LogP contribution in [-0.2, 0) is 43.2 Å². The predicted octanol–water partition coefficient (Wildman–Crippen LogP) is -0.772. The van der Waals surface area contributed by atoms with E-state index in [0.717, 1.165) is 19.6 Å². The van der Waals surface area contributed by atoms with E-state index in [4.69, 9.17) is 5.73 Å². The number of hydrogen-bond donors (Lipinski definition) is 5. The van der Waals surface area contributed by atoms with E-state index < -0.39 is 136 Å². The number of hydrogen-bond acceptors (Lipinski definition) is 13. The molecule has 8 atom stereocenters. The van der Waals surface area contributed by atoms with E-state index in [9.17, 15) is 63.6 Å². The Morgan fingerprint density at radius 2 is 0.536 bits per heavy atom. The van der Waals surface area contributed by atoms with Gasteiger partial charge in [-0.05, 0) is 81.1 Å². The number of carbonyl (C=O) groups is 9. The van der Waals surface area contributed by atoms with Gasteiger partial charge >= 0.3 is 0 Å². The van der Waals surface area contributed by atoms with Crippen LogP contribution in [0, 0.1) is 0 Å². The Morgan fingerprint density at radius 1 is 0.333 bits per heavy atom. The molecule has 0 bridgehead atoms. The van der Waals surface area contributed by atoms with Gasteiger partial charge in [0.05, 0.1) is 50.6 Å². The van der Waals surface area contributed by atoms with Gasteiger partial charge in [0.2, 0.25) is 53.2 Å². The molecule has 0 fully saturated rings. The van der Waals surface area contributed by atoms with Crippen LogP contribution >= 0.6 is 0 Å². The molecule has 22 nitrogen and oxygen atoms in total. The zero-order chi connectivity index (χ0) is 53.5. The van der Waals surface area contributed by atoms with Crippen LogP contribution in [0.15, 0.2) is 0 Å². The van der Waals surface area contributed by atoms with Gasteiger partial charge in [0.1, 0.15) is 26.2 Å². The van der Waals surface area contributed by atoms with E-state index in [1.165, 1.54) is 47.3 Å². The highest BCUT2D eigenvalue weighted by Gasteiger charge is 2.34. The first-order valence-corrected chi connectivity index (χ1v) is 24.4. The first kappa shape index (κ1) is 64.1. The predicted molar refractivity (Wildman–Crippen MR) is 258 cm³/mol. The van der Waals surface area contributed by atoms with E-state index in [2.05, 4.69) is 0 Å². The van der Waals surface area contributed by atoms with Crippen molar-refractivity contribution in [3.8, 4) is 0 Å². The van der Waals surface area contributed by atoms with Crippen LogP contribution in [-0.4, -0.2) is 240 Å². The maximum Gasteiger partial charge on any atom is 0.242 e.